The quantitative estimate of drug-likeness (QED) is 0.128. The van der Waals surface area contributed by atoms with Crippen molar-refractivity contribution >= 4 is 27.1 Å². The minimum absolute atomic E-state index is 1.14. The summed E-state index contributed by atoms with van der Waals surface area (Å²) in [4.78, 5) is 0. The summed E-state index contributed by atoms with van der Waals surface area (Å²) in [6.45, 7) is 8.14. The van der Waals surface area contributed by atoms with Crippen LogP contribution in [-0.2, 0) is 0 Å². The zero-order chi connectivity index (χ0) is 31.5. The molecule has 220 valence electrons. The highest BCUT2D eigenvalue weighted by Crippen LogP contribution is 2.41. The molecule has 0 amide bonds. The first-order valence-electron chi connectivity index (χ1n) is 15.9. The number of rotatable bonds is 7. The lowest BCUT2D eigenvalue weighted by Gasteiger charge is -2.16. The molecule has 0 heteroatoms. The van der Waals surface area contributed by atoms with Gasteiger partial charge in [0.05, 0.1) is 0 Å². The summed E-state index contributed by atoms with van der Waals surface area (Å²) in [7, 11) is 0. The van der Waals surface area contributed by atoms with Gasteiger partial charge in [-0.1, -0.05) is 146 Å². The summed E-state index contributed by atoms with van der Waals surface area (Å²) in [5.41, 5.74) is 13.2. The van der Waals surface area contributed by atoms with Crippen LogP contribution in [-0.4, -0.2) is 0 Å². The Bertz CT molecular complexity index is 2220. The molecule has 0 spiro atoms. The molecule has 7 rings (SSSR count). The Morgan fingerprint density at radius 2 is 0.978 bits per heavy atom. The van der Waals surface area contributed by atoms with Gasteiger partial charge in [0, 0.05) is 0 Å². The van der Waals surface area contributed by atoms with Gasteiger partial charge in [-0.15, -0.1) is 0 Å². The van der Waals surface area contributed by atoms with E-state index in [0.717, 1.165) is 5.57 Å². The van der Waals surface area contributed by atoms with Crippen molar-refractivity contribution in [1.29, 1.82) is 0 Å². The molecule has 0 radical (unpaired) electrons. The Kier molecular flexibility index (Phi) is 8.02. The van der Waals surface area contributed by atoms with Crippen LogP contribution in [0.2, 0.25) is 0 Å². The monoisotopic (exact) mass is 588 g/mol. The predicted octanol–water partition coefficient (Wildman–Crippen LogP) is 13.2. The van der Waals surface area contributed by atoms with Gasteiger partial charge in [-0.25, -0.2) is 0 Å². The van der Waals surface area contributed by atoms with Crippen molar-refractivity contribution in [3.8, 4) is 44.5 Å². The van der Waals surface area contributed by atoms with Crippen LogP contribution in [0.4, 0.5) is 0 Å². The first-order chi connectivity index (χ1) is 22.6. The topological polar surface area (TPSA) is 0 Å². The fourth-order valence-electron chi connectivity index (χ4n) is 6.45. The molecule has 7 aromatic carbocycles. The van der Waals surface area contributed by atoms with Crippen LogP contribution in [0.1, 0.15) is 19.4 Å². The summed E-state index contributed by atoms with van der Waals surface area (Å²) >= 11 is 0. The van der Waals surface area contributed by atoms with Crippen LogP contribution >= 0.6 is 0 Å². The average molecular weight is 589 g/mol. The molecule has 7 aromatic rings. The highest BCUT2D eigenvalue weighted by Gasteiger charge is 2.14. The number of hydrogen-bond donors (Lipinski definition) is 0. The van der Waals surface area contributed by atoms with Crippen molar-refractivity contribution in [1.82, 2.24) is 0 Å². The molecule has 0 saturated carbocycles. The second-order valence-corrected chi connectivity index (χ2v) is 11.9. The minimum atomic E-state index is 1.14. The third-order valence-corrected chi connectivity index (χ3v) is 8.84. The third-order valence-electron chi connectivity index (χ3n) is 8.84. The van der Waals surface area contributed by atoms with Crippen molar-refractivity contribution in [2.75, 3.05) is 0 Å². The maximum atomic E-state index is 3.96. The van der Waals surface area contributed by atoms with Gasteiger partial charge >= 0.3 is 0 Å². The minimum Gasteiger partial charge on any atom is -0.0988 e. The van der Waals surface area contributed by atoms with E-state index >= 15 is 0 Å². The van der Waals surface area contributed by atoms with Gasteiger partial charge in [-0.05, 0) is 127 Å². The Morgan fingerprint density at radius 3 is 1.61 bits per heavy atom. The average Bonchev–Trinajstić information content (AvgIpc) is 3.13. The summed E-state index contributed by atoms with van der Waals surface area (Å²) < 4.78 is 0. The summed E-state index contributed by atoms with van der Waals surface area (Å²) in [5, 5.41) is 5.02. The van der Waals surface area contributed by atoms with Gasteiger partial charge in [0.25, 0.3) is 0 Å². The third kappa shape index (κ3) is 5.74. The van der Waals surface area contributed by atoms with Gasteiger partial charge in [0.2, 0.25) is 0 Å². The van der Waals surface area contributed by atoms with E-state index in [1.54, 1.807) is 0 Å². The van der Waals surface area contributed by atoms with E-state index in [9.17, 15) is 0 Å². The second kappa shape index (κ2) is 12.7. The summed E-state index contributed by atoms with van der Waals surface area (Å²) in [6.07, 6.45) is 6.28. The van der Waals surface area contributed by atoms with Crippen molar-refractivity contribution < 1.29 is 0 Å². The van der Waals surface area contributed by atoms with Crippen LogP contribution < -0.4 is 0 Å². The van der Waals surface area contributed by atoms with Crippen molar-refractivity contribution in [2.45, 2.75) is 13.8 Å². The Morgan fingerprint density at radius 1 is 0.478 bits per heavy atom. The lowest BCUT2D eigenvalue weighted by atomic mass is 9.87. The molecule has 0 saturated heterocycles. The number of hydrogen-bond acceptors (Lipinski definition) is 0. The van der Waals surface area contributed by atoms with E-state index < -0.39 is 0 Å². The molecule has 0 nitrogen and oxygen atoms in total. The van der Waals surface area contributed by atoms with E-state index in [1.165, 1.54) is 77.2 Å². The molecular formula is C46H36. The highest BCUT2D eigenvalue weighted by atomic mass is 14.2. The van der Waals surface area contributed by atoms with E-state index in [4.69, 9.17) is 0 Å². The summed E-state index contributed by atoms with van der Waals surface area (Å²) in [5.74, 6) is 0. The van der Waals surface area contributed by atoms with Crippen LogP contribution in [0.25, 0.3) is 71.6 Å². The lowest BCUT2D eigenvalue weighted by Crippen LogP contribution is -1.90. The van der Waals surface area contributed by atoms with Crippen molar-refractivity contribution in [2.24, 2.45) is 0 Å². The zero-order valence-electron chi connectivity index (χ0n) is 26.4. The molecule has 0 aliphatic heterocycles. The van der Waals surface area contributed by atoms with Gasteiger partial charge in [-0.3, -0.25) is 0 Å². The predicted molar refractivity (Wildman–Crippen MR) is 201 cm³/mol. The molecule has 0 heterocycles. The van der Waals surface area contributed by atoms with Crippen LogP contribution in [0.3, 0.4) is 0 Å². The molecule has 46 heavy (non-hydrogen) atoms. The SMILES string of the molecule is C=C/C(C)=C/C(=C\C)c1cccc(-c2cc(-c3cccc(-c4ccccc4)c3)cc(-c3c4ccccc4cc4ccccc34)c2)c1. The van der Waals surface area contributed by atoms with Gasteiger partial charge in [0.15, 0.2) is 0 Å². The maximum Gasteiger partial charge on any atom is -0.00264 e. The number of fused-ring (bicyclic) bond motifs is 2. The molecule has 0 aromatic heterocycles. The Hall–Kier alpha value is -5.72. The first kappa shape index (κ1) is 29.0. The number of benzene rings is 7. The standard InChI is InChI=1S/C46H36/c1-4-32(3)25-33(5-2)35-19-13-21-37(26-35)41-29-42(38-22-14-20-36(27-38)34-15-7-6-8-16-34)31-43(30-41)46-44-23-11-9-17-39(44)28-40-18-10-12-24-45(40)46/h4-31H,1H2,2-3H3/b32-25+,33-5+. The van der Waals surface area contributed by atoms with Crippen molar-refractivity contribution in [3.63, 3.8) is 0 Å². The van der Waals surface area contributed by atoms with E-state index in [-0.39, 0.29) is 0 Å². The zero-order valence-corrected chi connectivity index (χ0v) is 26.4. The Balaban J connectivity index is 1.48. The normalized spacial score (nSPS) is 12.0. The van der Waals surface area contributed by atoms with Gasteiger partial charge in [0.1, 0.15) is 0 Å². The fraction of sp³-hybridized carbons (Fsp3) is 0.0435. The molecule has 0 aliphatic rings. The molecule has 0 N–H and O–H groups in total. The van der Waals surface area contributed by atoms with E-state index in [2.05, 4.69) is 184 Å². The first-order valence-corrected chi connectivity index (χ1v) is 15.9. The largest absolute Gasteiger partial charge is 0.0988 e. The van der Waals surface area contributed by atoms with Crippen LogP contribution in [0.5, 0.6) is 0 Å². The fourth-order valence-corrected chi connectivity index (χ4v) is 6.45. The maximum absolute atomic E-state index is 3.96. The lowest BCUT2D eigenvalue weighted by molar-refractivity contribution is 1.51. The van der Waals surface area contributed by atoms with Gasteiger partial charge < -0.3 is 0 Å². The Labute approximate surface area is 272 Å². The highest BCUT2D eigenvalue weighted by molar-refractivity contribution is 6.13. The molecular weight excluding hydrogens is 553 g/mol. The number of allylic oxidation sites excluding steroid dienone is 5. The molecule has 0 bridgehead atoms. The smallest absolute Gasteiger partial charge is 0.00264 e. The molecule has 0 unspecified atom stereocenters. The van der Waals surface area contributed by atoms with Crippen molar-refractivity contribution in [3.05, 3.63) is 188 Å². The summed E-state index contributed by atoms with van der Waals surface area (Å²) in [6, 6.07) is 55.4. The van der Waals surface area contributed by atoms with E-state index in [0.29, 0.717) is 0 Å². The van der Waals surface area contributed by atoms with Crippen LogP contribution in [0.15, 0.2) is 182 Å². The van der Waals surface area contributed by atoms with E-state index in [1.807, 2.05) is 6.08 Å². The molecule has 0 fully saturated rings. The molecule has 0 atom stereocenters. The van der Waals surface area contributed by atoms with Gasteiger partial charge in [-0.2, -0.15) is 0 Å². The second-order valence-electron chi connectivity index (χ2n) is 11.9. The molecule has 0 aliphatic carbocycles. The van der Waals surface area contributed by atoms with Crippen LogP contribution in [0, 0.1) is 0 Å².